The highest BCUT2D eigenvalue weighted by atomic mass is 14.7. The smallest absolute Gasteiger partial charge is 0.0708 e. The summed E-state index contributed by atoms with van der Waals surface area (Å²) in [5.74, 6) is 1.61. The van der Waals surface area contributed by atoms with Crippen LogP contribution in [0.4, 0.5) is 0 Å². The van der Waals surface area contributed by atoms with Gasteiger partial charge in [0.1, 0.15) is 0 Å². The highest BCUT2D eigenvalue weighted by Gasteiger charge is 2.32. The minimum absolute atomic E-state index is 0.803. The van der Waals surface area contributed by atoms with Gasteiger partial charge in [-0.2, -0.15) is 0 Å². The summed E-state index contributed by atoms with van der Waals surface area (Å²) >= 11 is 0. The van der Waals surface area contributed by atoms with Crippen LogP contribution in [0.1, 0.15) is 48.6 Å². The fourth-order valence-corrected chi connectivity index (χ4v) is 4.42. The SMILES string of the molecule is c1ccc(-c2cc3cc4c(cc3cn2)C2CCC4CC2)cc1. The number of fused-ring (bicyclic) bond motifs is 3. The topological polar surface area (TPSA) is 12.9 Å². The predicted molar refractivity (Wildman–Crippen MR) is 91.1 cm³/mol. The summed E-state index contributed by atoms with van der Waals surface area (Å²) in [5.41, 5.74) is 5.52. The maximum Gasteiger partial charge on any atom is 0.0708 e. The van der Waals surface area contributed by atoms with Gasteiger partial charge < -0.3 is 0 Å². The van der Waals surface area contributed by atoms with E-state index in [9.17, 15) is 0 Å². The summed E-state index contributed by atoms with van der Waals surface area (Å²) in [6, 6.07) is 17.6. The minimum atomic E-state index is 0.803. The van der Waals surface area contributed by atoms with Gasteiger partial charge in [0.05, 0.1) is 5.69 Å². The summed E-state index contributed by atoms with van der Waals surface area (Å²) in [6.07, 6.45) is 7.61. The molecule has 0 aliphatic heterocycles. The Morgan fingerprint density at radius 2 is 1.36 bits per heavy atom. The second-order valence-electron chi connectivity index (χ2n) is 6.81. The van der Waals surface area contributed by atoms with E-state index in [2.05, 4.69) is 59.7 Å². The van der Waals surface area contributed by atoms with Gasteiger partial charge in [-0.25, -0.2) is 0 Å². The molecule has 108 valence electrons. The van der Waals surface area contributed by atoms with Crippen LogP contribution in [-0.2, 0) is 0 Å². The maximum atomic E-state index is 4.69. The number of nitrogens with zero attached hydrogens (tertiary/aromatic N) is 1. The zero-order valence-corrected chi connectivity index (χ0v) is 12.6. The van der Waals surface area contributed by atoms with Gasteiger partial charge in [0.25, 0.3) is 0 Å². The Hall–Kier alpha value is -2.15. The van der Waals surface area contributed by atoms with Crippen molar-refractivity contribution in [3.8, 4) is 11.3 Å². The first-order valence-electron chi connectivity index (χ1n) is 8.37. The summed E-state index contributed by atoms with van der Waals surface area (Å²) in [6.45, 7) is 0. The number of pyridine rings is 1. The highest BCUT2D eigenvalue weighted by Crippen LogP contribution is 2.50. The molecule has 1 fully saturated rings. The van der Waals surface area contributed by atoms with Crippen molar-refractivity contribution in [2.75, 3.05) is 0 Å². The van der Waals surface area contributed by atoms with Gasteiger partial charge in [0.2, 0.25) is 0 Å². The van der Waals surface area contributed by atoms with Gasteiger partial charge in [-0.3, -0.25) is 4.98 Å². The predicted octanol–water partition coefficient (Wildman–Crippen LogP) is 5.66. The number of benzene rings is 2. The summed E-state index contributed by atoms with van der Waals surface area (Å²) in [7, 11) is 0. The molecule has 3 aromatic rings. The first kappa shape index (κ1) is 12.4. The normalized spacial score (nSPS) is 22.7. The molecule has 0 unspecified atom stereocenters. The Labute approximate surface area is 131 Å². The Kier molecular flexibility index (Phi) is 2.63. The van der Waals surface area contributed by atoms with Crippen molar-refractivity contribution >= 4 is 10.8 Å². The highest BCUT2D eigenvalue weighted by molar-refractivity contribution is 5.87. The second-order valence-corrected chi connectivity index (χ2v) is 6.81. The first-order valence-corrected chi connectivity index (χ1v) is 8.37. The molecule has 1 nitrogen and oxygen atoms in total. The lowest BCUT2D eigenvalue weighted by Gasteiger charge is -2.38. The molecule has 1 heteroatoms. The van der Waals surface area contributed by atoms with E-state index in [1.807, 2.05) is 0 Å². The van der Waals surface area contributed by atoms with Crippen molar-refractivity contribution in [3.05, 3.63) is 65.9 Å². The fraction of sp³-hybridized carbons (Fsp3) is 0.286. The monoisotopic (exact) mass is 285 g/mol. The van der Waals surface area contributed by atoms with Crippen molar-refractivity contribution in [3.63, 3.8) is 0 Å². The van der Waals surface area contributed by atoms with E-state index in [0.29, 0.717) is 0 Å². The average Bonchev–Trinajstić information content (AvgIpc) is 2.61. The third-order valence-electron chi connectivity index (χ3n) is 5.60. The van der Waals surface area contributed by atoms with Crippen molar-refractivity contribution in [2.24, 2.45) is 0 Å². The lowest BCUT2D eigenvalue weighted by molar-refractivity contribution is 0.359. The molecule has 2 aromatic carbocycles. The quantitative estimate of drug-likeness (QED) is 0.562. The van der Waals surface area contributed by atoms with E-state index in [0.717, 1.165) is 17.5 Å². The van der Waals surface area contributed by atoms with Gasteiger partial charge in [0.15, 0.2) is 0 Å². The maximum absolute atomic E-state index is 4.69. The van der Waals surface area contributed by atoms with E-state index < -0.39 is 0 Å². The summed E-state index contributed by atoms with van der Waals surface area (Å²) in [5, 5.41) is 2.64. The molecule has 0 spiro atoms. The lowest BCUT2D eigenvalue weighted by atomic mass is 9.66. The fourth-order valence-electron chi connectivity index (χ4n) is 4.42. The molecule has 1 saturated carbocycles. The van der Waals surface area contributed by atoms with E-state index >= 15 is 0 Å². The number of hydrogen-bond donors (Lipinski definition) is 0. The summed E-state index contributed by atoms with van der Waals surface area (Å²) in [4.78, 5) is 4.69. The molecule has 1 heterocycles. The number of hydrogen-bond acceptors (Lipinski definition) is 1. The van der Waals surface area contributed by atoms with Crippen LogP contribution in [0.15, 0.2) is 54.7 Å². The van der Waals surface area contributed by atoms with Crippen molar-refractivity contribution in [1.82, 2.24) is 4.98 Å². The van der Waals surface area contributed by atoms with Gasteiger partial charge >= 0.3 is 0 Å². The summed E-state index contributed by atoms with van der Waals surface area (Å²) < 4.78 is 0. The Morgan fingerprint density at radius 3 is 2.05 bits per heavy atom. The standard InChI is InChI=1S/C21H19N/c1-2-4-16(5-3-1)21-12-17-10-19-14-6-8-15(9-7-14)20(19)11-18(17)13-22-21/h1-5,10-15H,6-9H2. The van der Waals surface area contributed by atoms with Crippen LogP contribution in [-0.4, -0.2) is 4.98 Å². The Morgan fingerprint density at radius 1 is 0.727 bits per heavy atom. The zero-order valence-electron chi connectivity index (χ0n) is 12.6. The molecular formula is C21H19N. The van der Waals surface area contributed by atoms with E-state index in [4.69, 9.17) is 0 Å². The van der Waals surface area contributed by atoms with Crippen LogP contribution in [0.2, 0.25) is 0 Å². The van der Waals surface area contributed by atoms with Crippen molar-refractivity contribution < 1.29 is 0 Å². The lowest BCUT2D eigenvalue weighted by Crippen LogP contribution is -2.21. The van der Waals surface area contributed by atoms with Crippen molar-refractivity contribution in [2.45, 2.75) is 37.5 Å². The molecule has 6 rings (SSSR count). The molecule has 0 atom stereocenters. The molecule has 1 aromatic heterocycles. The molecule has 0 radical (unpaired) electrons. The average molecular weight is 285 g/mol. The molecule has 22 heavy (non-hydrogen) atoms. The van der Waals surface area contributed by atoms with E-state index in [1.165, 1.54) is 42.0 Å². The molecular weight excluding hydrogens is 266 g/mol. The zero-order chi connectivity index (χ0) is 14.5. The minimum Gasteiger partial charge on any atom is -0.256 e. The van der Waals surface area contributed by atoms with Crippen LogP contribution in [0, 0.1) is 0 Å². The largest absolute Gasteiger partial charge is 0.256 e. The van der Waals surface area contributed by atoms with Gasteiger partial charge in [0, 0.05) is 17.1 Å². The third-order valence-corrected chi connectivity index (χ3v) is 5.60. The molecule has 3 aliphatic carbocycles. The van der Waals surface area contributed by atoms with Crippen LogP contribution in [0.5, 0.6) is 0 Å². The van der Waals surface area contributed by atoms with Gasteiger partial charge in [-0.15, -0.1) is 0 Å². The first-order chi connectivity index (χ1) is 10.9. The van der Waals surface area contributed by atoms with Crippen LogP contribution < -0.4 is 0 Å². The van der Waals surface area contributed by atoms with Gasteiger partial charge in [-0.1, -0.05) is 36.4 Å². The molecule has 0 saturated heterocycles. The third kappa shape index (κ3) is 1.81. The van der Waals surface area contributed by atoms with Crippen LogP contribution in [0.3, 0.4) is 0 Å². The van der Waals surface area contributed by atoms with E-state index in [-0.39, 0.29) is 0 Å². The number of aromatic nitrogens is 1. The van der Waals surface area contributed by atoms with Gasteiger partial charge in [-0.05, 0) is 66.2 Å². The molecule has 0 N–H and O–H groups in total. The second kappa shape index (κ2) is 4.67. The molecule has 0 amide bonds. The Balaban J connectivity index is 1.69. The van der Waals surface area contributed by atoms with Crippen molar-refractivity contribution in [1.29, 1.82) is 0 Å². The van der Waals surface area contributed by atoms with Crippen LogP contribution >= 0.6 is 0 Å². The number of rotatable bonds is 1. The van der Waals surface area contributed by atoms with E-state index in [1.54, 1.807) is 11.1 Å². The Bertz CT molecular complexity index is 842. The molecule has 3 aliphatic rings. The molecule has 2 bridgehead atoms. The van der Waals surface area contributed by atoms with Crippen LogP contribution in [0.25, 0.3) is 22.0 Å².